The molecule has 0 fully saturated rings. The van der Waals surface area contributed by atoms with Crippen molar-refractivity contribution in [2.75, 3.05) is 0 Å². The number of carbonyl (C=O) groups is 1. The monoisotopic (exact) mass is 209 g/mol. The summed E-state index contributed by atoms with van der Waals surface area (Å²) in [6, 6.07) is 6.00. The van der Waals surface area contributed by atoms with Gasteiger partial charge in [0, 0.05) is 18.6 Å². The quantitative estimate of drug-likeness (QED) is 0.568. The molecule has 15 heavy (non-hydrogen) atoms. The molecule has 0 aliphatic heterocycles. The summed E-state index contributed by atoms with van der Waals surface area (Å²) >= 11 is 0. The molecule has 0 heterocycles. The van der Waals surface area contributed by atoms with Gasteiger partial charge in [-0.25, -0.2) is 0 Å². The van der Waals surface area contributed by atoms with E-state index in [9.17, 15) is 14.9 Å². The summed E-state index contributed by atoms with van der Waals surface area (Å²) in [5, 5.41) is 10.3. The van der Waals surface area contributed by atoms with Crippen molar-refractivity contribution in [1.29, 1.82) is 0 Å². The molecule has 0 saturated carbocycles. The van der Waals surface area contributed by atoms with Gasteiger partial charge in [0.15, 0.2) is 0 Å². The van der Waals surface area contributed by atoms with Crippen LogP contribution in [0.2, 0.25) is 0 Å². The lowest BCUT2D eigenvalue weighted by molar-refractivity contribution is -0.384. The van der Waals surface area contributed by atoms with Gasteiger partial charge in [0.1, 0.15) is 5.78 Å². The van der Waals surface area contributed by atoms with Gasteiger partial charge in [0.05, 0.1) is 4.92 Å². The zero-order valence-electron chi connectivity index (χ0n) is 9.19. The van der Waals surface area contributed by atoms with Crippen LogP contribution < -0.4 is 0 Å². The first-order valence-electron chi connectivity index (χ1n) is 4.82. The zero-order chi connectivity index (χ0) is 11.8. The summed E-state index contributed by atoms with van der Waals surface area (Å²) in [6.45, 7) is 5.49. The van der Waals surface area contributed by atoms with E-state index in [0.717, 1.165) is 5.56 Å². The third-order valence-electron chi connectivity index (χ3n) is 1.60. The van der Waals surface area contributed by atoms with Crippen molar-refractivity contribution in [2.24, 2.45) is 0 Å². The van der Waals surface area contributed by atoms with Crippen molar-refractivity contribution in [3.8, 4) is 0 Å². The van der Waals surface area contributed by atoms with Crippen LogP contribution >= 0.6 is 0 Å². The zero-order valence-corrected chi connectivity index (χ0v) is 9.19. The second-order valence-corrected chi connectivity index (χ2v) is 2.80. The van der Waals surface area contributed by atoms with Gasteiger partial charge in [-0.15, -0.1) is 0 Å². The highest BCUT2D eigenvalue weighted by Crippen LogP contribution is 2.12. The van der Waals surface area contributed by atoms with E-state index in [1.165, 1.54) is 19.1 Å². The predicted molar refractivity (Wildman–Crippen MR) is 58.8 cm³/mol. The molecule has 0 N–H and O–H groups in total. The Labute approximate surface area is 89.1 Å². The van der Waals surface area contributed by atoms with E-state index in [-0.39, 0.29) is 11.5 Å². The van der Waals surface area contributed by atoms with Crippen molar-refractivity contribution in [3.05, 3.63) is 39.9 Å². The number of benzene rings is 1. The topological polar surface area (TPSA) is 60.2 Å². The molecule has 1 rings (SSSR count). The number of carbonyl (C=O) groups excluding carboxylic acids is 1. The molecule has 0 radical (unpaired) electrons. The molecule has 1 aromatic rings. The minimum Gasteiger partial charge on any atom is -0.300 e. The largest absolute Gasteiger partial charge is 0.300 e. The molecule has 0 aliphatic carbocycles. The van der Waals surface area contributed by atoms with Crippen molar-refractivity contribution in [1.82, 2.24) is 0 Å². The number of hydrogen-bond acceptors (Lipinski definition) is 3. The minimum absolute atomic E-state index is 0.0484. The Kier molecular flexibility index (Phi) is 5.94. The van der Waals surface area contributed by atoms with Crippen LogP contribution in [0.15, 0.2) is 24.3 Å². The maximum Gasteiger partial charge on any atom is 0.269 e. The molecule has 0 aliphatic rings. The summed E-state index contributed by atoms with van der Waals surface area (Å²) in [4.78, 5) is 20.5. The fraction of sp³-hybridized carbons (Fsp3) is 0.364. The second kappa shape index (κ2) is 6.70. The summed E-state index contributed by atoms with van der Waals surface area (Å²) in [5.41, 5.74) is 0.852. The van der Waals surface area contributed by atoms with Crippen LogP contribution in [-0.2, 0) is 11.2 Å². The lowest BCUT2D eigenvalue weighted by Gasteiger charge is -1.96. The van der Waals surface area contributed by atoms with Crippen LogP contribution in [0.4, 0.5) is 5.69 Å². The average molecular weight is 209 g/mol. The summed E-state index contributed by atoms with van der Waals surface area (Å²) in [6.07, 6.45) is 0.331. The van der Waals surface area contributed by atoms with E-state index in [0.29, 0.717) is 6.42 Å². The van der Waals surface area contributed by atoms with Gasteiger partial charge in [0.2, 0.25) is 0 Å². The fourth-order valence-corrected chi connectivity index (χ4v) is 1.02. The first kappa shape index (κ1) is 13.3. The van der Waals surface area contributed by atoms with Gasteiger partial charge in [-0.05, 0) is 12.5 Å². The number of non-ortho nitro benzene ring substituents is 1. The molecule has 0 unspecified atom stereocenters. The van der Waals surface area contributed by atoms with E-state index < -0.39 is 4.92 Å². The molecule has 0 spiro atoms. The van der Waals surface area contributed by atoms with Crippen LogP contribution in [0.5, 0.6) is 0 Å². The third-order valence-corrected chi connectivity index (χ3v) is 1.60. The predicted octanol–water partition coefficient (Wildman–Crippen LogP) is 2.75. The number of Topliss-reactive ketones (excluding diaryl/α,β-unsaturated/α-hetero) is 1. The van der Waals surface area contributed by atoms with Crippen LogP contribution in [0.1, 0.15) is 26.3 Å². The highest BCUT2D eigenvalue weighted by molar-refractivity contribution is 5.78. The Bertz CT molecular complexity index is 330. The lowest BCUT2D eigenvalue weighted by atomic mass is 10.1. The molecular weight excluding hydrogens is 194 g/mol. The normalized spacial score (nSPS) is 8.73. The van der Waals surface area contributed by atoms with E-state index in [1.54, 1.807) is 12.1 Å². The number of ketones is 1. The number of rotatable bonds is 3. The fourth-order valence-electron chi connectivity index (χ4n) is 1.02. The van der Waals surface area contributed by atoms with Gasteiger partial charge in [-0.1, -0.05) is 26.0 Å². The van der Waals surface area contributed by atoms with Crippen LogP contribution in [0, 0.1) is 10.1 Å². The highest BCUT2D eigenvalue weighted by atomic mass is 16.6. The first-order valence-corrected chi connectivity index (χ1v) is 4.82. The van der Waals surface area contributed by atoms with E-state index in [1.807, 2.05) is 13.8 Å². The Balaban J connectivity index is 0.000000921. The van der Waals surface area contributed by atoms with Gasteiger partial charge < -0.3 is 0 Å². The average Bonchev–Trinajstić information content (AvgIpc) is 2.20. The summed E-state index contributed by atoms with van der Waals surface area (Å²) in [7, 11) is 0. The van der Waals surface area contributed by atoms with Crippen molar-refractivity contribution in [3.63, 3.8) is 0 Å². The standard InChI is InChI=1S/C9H9NO3.C2H6/c1-7(11)6-8-2-4-9(5-3-8)10(12)13;1-2/h2-5H,6H2,1H3;1-2H3. The van der Waals surface area contributed by atoms with Gasteiger partial charge in [-0.2, -0.15) is 0 Å². The van der Waals surface area contributed by atoms with Gasteiger partial charge in [0.25, 0.3) is 5.69 Å². The number of nitrogens with zero attached hydrogens (tertiary/aromatic N) is 1. The Morgan fingerprint density at radius 1 is 1.27 bits per heavy atom. The summed E-state index contributed by atoms with van der Waals surface area (Å²) in [5.74, 6) is 0.0499. The molecular formula is C11H15NO3. The number of nitro groups is 1. The first-order chi connectivity index (χ1) is 7.09. The maximum atomic E-state index is 10.7. The van der Waals surface area contributed by atoms with Gasteiger partial charge >= 0.3 is 0 Å². The van der Waals surface area contributed by atoms with E-state index >= 15 is 0 Å². The second-order valence-electron chi connectivity index (χ2n) is 2.80. The van der Waals surface area contributed by atoms with Gasteiger partial charge in [-0.3, -0.25) is 14.9 Å². The molecule has 0 bridgehead atoms. The lowest BCUT2D eigenvalue weighted by Crippen LogP contribution is -1.96. The van der Waals surface area contributed by atoms with E-state index in [2.05, 4.69) is 0 Å². The van der Waals surface area contributed by atoms with Crippen LogP contribution in [-0.4, -0.2) is 10.7 Å². The molecule has 4 nitrogen and oxygen atoms in total. The Morgan fingerprint density at radius 2 is 1.73 bits per heavy atom. The Morgan fingerprint density at radius 3 is 2.07 bits per heavy atom. The molecule has 1 aromatic carbocycles. The van der Waals surface area contributed by atoms with E-state index in [4.69, 9.17) is 0 Å². The third kappa shape index (κ3) is 4.90. The van der Waals surface area contributed by atoms with Crippen molar-refractivity contribution >= 4 is 11.5 Å². The molecule has 4 heteroatoms. The maximum absolute atomic E-state index is 10.7. The van der Waals surface area contributed by atoms with Crippen LogP contribution in [0.3, 0.4) is 0 Å². The molecule has 82 valence electrons. The van der Waals surface area contributed by atoms with Crippen LogP contribution in [0.25, 0.3) is 0 Å². The highest BCUT2D eigenvalue weighted by Gasteiger charge is 2.04. The SMILES string of the molecule is CC.CC(=O)Cc1ccc([N+](=O)[O-])cc1. The van der Waals surface area contributed by atoms with Crippen molar-refractivity contribution in [2.45, 2.75) is 27.2 Å². The molecule has 0 saturated heterocycles. The molecule has 0 atom stereocenters. The van der Waals surface area contributed by atoms with Crippen molar-refractivity contribution < 1.29 is 9.72 Å². The smallest absolute Gasteiger partial charge is 0.269 e. The molecule has 0 amide bonds. The Hall–Kier alpha value is -1.71. The molecule has 0 aromatic heterocycles. The summed E-state index contributed by atoms with van der Waals surface area (Å²) < 4.78 is 0. The number of hydrogen-bond donors (Lipinski definition) is 0. The number of nitro benzene ring substituents is 1. The minimum atomic E-state index is -0.461.